The van der Waals surface area contributed by atoms with Gasteiger partial charge in [0.05, 0.1) is 5.92 Å². The minimum atomic E-state index is -0.780. The Morgan fingerprint density at radius 1 is 0.867 bits per heavy atom. The summed E-state index contributed by atoms with van der Waals surface area (Å²) in [6, 6.07) is 18.8. The maximum absolute atomic E-state index is 11.8. The number of piperidine rings is 1. The fraction of sp³-hybridized carbons (Fsp3) is 0.318. The molecular weight excluding hydrogens is 410 g/mol. The Morgan fingerprint density at radius 2 is 1.33 bits per heavy atom. The van der Waals surface area contributed by atoms with Gasteiger partial charge in [0.25, 0.3) is 0 Å². The summed E-state index contributed by atoms with van der Waals surface area (Å²) in [5, 5.41) is 8.88. The first-order valence-corrected chi connectivity index (χ1v) is 9.88. The highest BCUT2D eigenvalue weighted by molar-refractivity contribution is 6.61. The van der Waals surface area contributed by atoms with Crippen LogP contribution in [0.15, 0.2) is 60.7 Å². The number of carbonyl (C=O) groups excluding carboxylic acids is 2. The van der Waals surface area contributed by atoms with Gasteiger partial charge >= 0.3 is 17.5 Å². The van der Waals surface area contributed by atoms with Gasteiger partial charge in [-0.15, -0.1) is 0 Å². The highest BCUT2D eigenvalue weighted by atomic mass is 35.5. The van der Waals surface area contributed by atoms with E-state index < -0.39 is 11.4 Å². The third-order valence-corrected chi connectivity index (χ3v) is 4.61. The first-order valence-electron chi connectivity index (χ1n) is 9.50. The average Bonchev–Trinajstić information content (AvgIpc) is 2.78. The molecule has 3 rings (SSSR count). The largest absolute Gasteiger partial charge is 0.481 e. The van der Waals surface area contributed by atoms with E-state index >= 15 is 0 Å². The van der Waals surface area contributed by atoms with Gasteiger partial charge in [0.15, 0.2) is 0 Å². The van der Waals surface area contributed by atoms with Crippen LogP contribution in [0.3, 0.4) is 0 Å². The standard InChI is InChI=1S/C14H17NO4.C8H7ClO2/c16-13(17)12-6-8-15(9-7-12)14(18)19-10-11-4-2-1-3-5-11;9-8(10)11-6-7-4-2-1-3-5-7/h1-5,12H,6-10H2,(H,16,17);1-5H,6H2. The number of benzene rings is 2. The number of hydrogen-bond donors (Lipinski definition) is 1. The van der Waals surface area contributed by atoms with Crippen molar-refractivity contribution < 1.29 is 29.0 Å². The van der Waals surface area contributed by atoms with E-state index in [-0.39, 0.29) is 25.2 Å². The minimum absolute atomic E-state index is 0.239. The van der Waals surface area contributed by atoms with Crippen LogP contribution in [0.4, 0.5) is 9.59 Å². The van der Waals surface area contributed by atoms with E-state index in [2.05, 4.69) is 4.74 Å². The molecule has 0 radical (unpaired) electrons. The zero-order chi connectivity index (χ0) is 21.8. The lowest BCUT2D eigenvalue weighted by atomic mass is 9.97. The van der Waals surface area contributed by atoms with Gasteiger partial charge in [0.2, 0.25) is 0 Å². The Hall–Kier alpha value is -3.06. The molecule has 160 valence electrons. The number of aliphatic carboxylic acids is 1. The van der Waals surface area contributed by atoms with Crippen molar-refractivity contribution in [2.75, 3.05) is 13.1 Å². The zero-order valence-electron chi connectivity index (χ0n) is 16.4. The van der Waals surface area contributed by atoms with Gasteiger partial charge < -0.3 is 19.5 Å². The van der Waals surface area contributed by atoms with Crippen molar-refractivity contribution >= 4 is 29.1 Å². The molecule has 0 aromatic heterocycles. The maximum atomic E-state index is 11.8. The molecule has 1 aliphatic rings. The van der Waals surface area contributed by atoms with Gasteiger partial charge in [-0.25, -0.2) is 9.59 Å². The van der Waals surface area contributed by atoms with Gasteiger partial charge in [-0.3, -0.25) is 4.79 Å². The van der Waals surface area contributed by atoms with Crippen molar-refractivity contribution in [3.8, 4) is 0 Å². The van der Waals surface area contributed by atoms with Gasteiger partial charge in [0.1, 0.15) is 13.2 Å². The molecule has 1 heterocycles. The second-order valence-electron chi connectivity index (χ2n) is 6.65. The van der Waals surface area contributed by atoms with Gasteiger partial charge in [-0.05, 0) is 24.0 Å². The molecule has 7 nitrogen and oxygen atoms in total. The molecule has 30 heavy (non-hydrogen) atoms. The molecule has 0 saturated carbocycles. The average molecular weight is 434 g/mol. The minimum Gasteiger partial charge on any atom is -0.481 e. The monoisotopic (exact) mass is 433 g/mol. The summed E-state index contributed by atoms with van der Waals surface area (Å²) in [5.74, 6) is -1.12. The third kappa shape index (κ3) is 8.53. The molecule has 2 aromatic rings. The second-order valence-corrected chi connectivity index (χ2v) is 6.96. The number of amides is 1. The van der Waals surface area contributed by atoms with E-state index in [1.807, 2.05) is 60.7 Å². The van der Waals surface area contributed by atoms with Gasteiger partial charge in [-0.2, -0.15) is 0 Å². The molecule has 0 bridgehead atoms. The topological polar surface area (TPSA) is 93.1 Å². The summed E-state index contributed by atoms with van der Waals surface area (Å²) in [7, 11) is 0. The van der Waals surface area contributed by atoms with Crippen molar-refractivity contribution in [3.63, 3.8) is 0 Å². The fourth-order valence-electron chi connectivity index (χ4n) is 2.83. The van der Waals surface area contributed by atoms with Crippen molar-refractivity contribution in [1.82, 2.24) is 4.90 Å². The van der Waals surface area contributed by atoms with Crippen molar-refractivity contribution in [2.45, 2.75) is 26.1 Å². The molecular formula is C22H24ClNO6. The van der Waals surface area contributed by atoms with Crippen LogP contribution in [-0.2, 0) is 27.5 Å². The molecule has 8 heteroatoms. The van der Waals surface area contributed by atoms with Crippen LogP contribution in [0.2, 0.25) is 0 Å². The smallest absolute Gasteiger partial charge is 0.410 e. The lowest BCUT2D eigenvalue weighted by Gasteiger charge is -2.29. The Kier molecular flexibility index (Phi) is 9.67. The van der Waals surface area contributed by atoms with Gasteiger partial charge in [-0.1, -0.05) is 60.7 Å². The molecule has 0 aliphatic carbocycles. The van der Waals surface area contributed by atoms with E-state index in [1.54, 1.807) is 4.90 Å². The van der Waals surface area contributed by atoms with E-state index in [0.717, 1.165) is 11.1 Å². The normalized spacial score (nSPS) is 13.6. The highest BCUT2D eigenvalue weighted by Gasteiger charge is 2.27. The van der Waals surface area contributed by atoms with Gasteiger partial charge in [0, 0.05) is 24.7 Å². The summed E-state index contributed by atoms with van der Waals surface area (Å²) >= 11 is 4.97. The molecule has 1 aliphatic heterocycles. The number of likely N-dealkylation sites (tertiary alicyclic amines) is 1. The van der Waals surface area contributed by atoms with Crippen molar-refractivity contribution in [1.29, 1.82) is 0 Å². The summed E-state index contributed by atoms with van der Waals surface area (Å²) in [4.78, 5) is 34.3. The van der Waals surface area contributed by atoms with E-state index in [0.29, 0.717) is 25.9 Å². The SMILES string of the molecule is O=C(Cl)OCc1ccccc1.O=C(O)C1CCN(C(=O)OCc2ccccc2)CC1. The highest BCUT2D eigenvalue weighted by Crippen LogP contribution is 2.18. The summed E-state index contributed by atoms with van der Waals surface area (Å²) in [6.07, 6.45) is 0.624. The predicted octanol–water partition coefficient (Wildman–Crippen LogP) is 4.68. The van der Waals surface area contributed by atoms with Crippen LogP contribution < -0.4 is 0 Å². The van der Waals surface area contributed by atoms with E-state index in [9.17, 15) is 14.4 Å². The summed E-state index contributed by atoms with van der Waals surface area (Å²) in [6.45, 7) is 1.39. The number of carboxylic acid groups (broad SMARTS) is 1. The lowest BCUT2D eigenvalue weighted by Crippen LogP contribution is -2.40. The number of halogens is 1. The molecule has 2 aromatic carbocycles. The van der Waals surface area contributed by atoms with Crippen LogP contribution in [0.1, 0.15) is 24.0 Å². The first-order chi connectivity index (χ1) is 14.5. The van der Waals surface area contributed by atoms with Crippen LogP contribution in [0, 0.1) is 5.92 Å². The predicted molar refractivity (Wildman–Crippen MR) is 111 cm³/mol. The third-order valence-electron chi connectivity index (χ3n) is 4.50. The van der Waals surface area contributed by atoms with E-state index in [1.165, 1.54) is 0 Å². The first kappa shape index (κ1) is 23.2. The number of hydrogen-bond acceptors (Lipinski definition) is 5. The lowest BCUT2D eigenvalue weighted by molar-refractivity contribution is -0.143. The number of rotatable bonds is 5. The molecule has 0 spiro atoms. The number of ether oxygens (including phenoxy) is 2. The van der Waals surface area contributed by atoms with Crippen LogP contribution >= 0.6 is 11.6 Å². The fourth-order valence-corrected chi connectivity index (χ4v) is 2.89. The second kappa shape index (κ2) is 12.5. The van der Waals surface area contributed by atoms with Crippen molar-refractivity contribution in [2.24, 2.45) is 5.92 Å². The number of nitrogens with zero attached hydrogens (tertiary/aromatic N) is 1. The Labute approximate surface area is 180 Å². The molecule has 0 atom stereocenters. The molecule has 1 amide bonds. The van der Waals surface area contributed by atoms with Crippen LogP contribution in [-0.4, -0.2) is 40.6 Å². The summed E-state index contributed by atoms with van der Waals surface area (Å²) in [5.41, 5.74) is 1.10. The Balaban J connectivity index is 0.000000248. The maximum Gasteiger partial charge on any atom is 0.410 e. The molecule has 0 unspecified atom stereocenters. The Morgan fingerprint density at radius 3 is 1.77 bits per heavy atom. The molecule has 1 saturated heterocycles. The summed E-state index contributed by atoms with van der Waals surface area (Å²) < 4.78 is 9.76. The molecule has 1 fully saturated rings. The van der Waals surface area contributed by atoms with Crippen LogP contribution in [0.25, 0.3) is 0 Å². The Bertz CT molecular complexity index is 807. The molecule has 1 N–H and O–H groups in total. The zero-order valence-corrected chi connectivity index (χ0v) is 17.2. The quantitative estimate of drug-likeness (QED) is 0.688. The van der Waals surface area contributed by atoms with Crippen LogP contribution in [0.5, 0.6) is 0 Å². The number of carboxylic acids is 1. The van der Waals surface area contributed by atoms with E-state index in [4.69, 9.17) is 21.4 Å². The van der Waals surface area contributed by atoms with Crippen molar-refractivity contribution in [3.05, 3.63) is 71.8 Å². The number of carbonyl (C=O) groups is 3.